The van der Waals surface area contributed by atoms with Crippen molar-refractivity contribution in [1.82, 2.24) is 0 Å². The molecule has 20 heavy (non-hydrogen) atoms. The minimum atomic E-state index is -0.435. The van der Waals surface area contributed by atoms with Crippen LogP contribution in [0.15, 0.2) is 36.4 Å². The third-order valence-electron chi connectivity index (χ3n) is 2.88. The van der Waals surface area contributed by atoms with Gasteiger partial charge >= 0.3 is 0 Å². The molecule has 6 heteroatoms. The standard InChI is InChI=1S/C14H12ClFN2O2/c1-9-6-12(3-5-14(9)18(19)20)17-8-10-7-11(15)2-4-13(10)16/h2-7,17H,8H2,1H3. The van der Waals surface area contributed by atoms with Crippen molar-refractivity contribution in [3.63, 3.8) is 0 Å². The van der Waals surface area contributed by atoms with Crippen LogP contribution in [0.4, 0.5) is 15.8 Å². The number of halogens is 2. The number of hydrogen-bond acceptors (Lipinski definition) is 3. The molecular formula is C14H12ClFN2O2. The predicted octanol–water partition coefficient (Wildman–Crippen LogP) is 4.31. The molecule has 0 fully saturated rings. The highest BCUT2D eigenvalue weighted by Gasteiger charge is 2.10. The van der Waals surface area contributed by atoms with Gasteiger partial charge in [-0.1, -0.05) is 11.6 Å². The number of anilines is 1. The molecule has 0 atom stereocenters. The van der Waals surface area contributed by atoms with E-state index >= 15 is 0 Å². The summed E-state index contributed by atoms with van der Waals surface area (Å²) in [5, 5.41) is 14.2. The minimum Gasteiger partial charge on any atom is -0.381 e. The first-order valence-electron chi connectivity index (χ1n) is 5.90. The van der Waals surface area contributed by atoms with Gasteiger partial charge < -0.3 is 5.32 Å². The summed E-state index contributed by atoms with van der Waals surface area (Å²) < 4.78 is 13.5. The molecule has 104 valence electrons. The molecule has 4 nitrogen and oxygen atoms in total. The fraction of sp³-hybridized carbons (Fsp3) is 0.143. The van der Waals surface area contributed by atoms with Gasteiger partial charge in [0.25, 0.3) is 5.69 Å². The maximum atomic E-state index is 13.5. The second-order valence-corrected chi connectivity index (χ2v) is 4.78. The highest BCUT2D eigenvalue weighted by Crippen LogP contribution is 2.22. The summed E-state index contributed by atoms with van der Waals surface area (Å²) in [4.78, 5) is 10.3. The predicted molar refractivity (Wildman–Crippen MR) is 76.6 cm³/mol. The van der Waals surface area contributed by atoms with Crippen molar-refractivity contribution in [3.05, 3.63) is 68.5 Å². The number of nitrogens with one attached hydrogen (secondary N) is 1. The number of rotatable bonds is 4. The first-order chi connectivity index (χ1) is 9.47. The van der Waals surface area contributed by atoms with E-state index in [1.165, 1.54) is 18.2 Å². The van der Waals surface area contributed by atoms with Crippen LogP contribution in [0.5, 0.6) is 0 Å². The molecule has 0 aromatic heterocycles. The number of benzene rings is 2. The third-order valence-corrected chi connectivity index (χ3v) is 3.12. The SMILES string of the molecule is Cc1cc(NCc2cc(Cl)ccc2F)ccc1[N+](=O)[O-]. The molecule has 1 N–H and O–H groups in total. The van der Waals surface area contributed by atoms with Gasteiger partial charge in [0, 0.05) is 34.4 Å². The van der Waals surface area contributed by atoms with Gasteiger partial charge in [-0.05, 0) is 37.3 Å². The molecule has 0 amide bonds. The van der Waals surface area contributed by atoms with E-state index in [4.69, 9.17) is 11.6 Å². The molecule has 0 bridgehead atoms. The van der Waals surface area contributed by atoms with Crippen LogP contribution < -0.4 is 5.32 Å². The Hall–Kier alpha value is -2.14. The second kappa shape index (κ2) is 5.88. The minimum absolute atomic E-state index is 0.0597. The molecule has 0 unspecified atom stereocenters. The van der Waals surface area contributed by atoms with Crippen molar-refractivity contribution in [2.45, 2.75) is 13.5 Å². The molecular weight excluding hydrogens is 283 g/mol. The monoisotopic (exact) mass is 294 g/mol. The molecule has 0 heterocycles. The van der Waals surface area contributed by atoms with E-state index in [9.17, 15) is 14.5 Å². The lowest BCUT2D eigenvalue weighted by Crippen LogP contribution is -2.02. The maximum absolute atomic E-state index is 13.5. The molecule has 0 aliphatic rings. The van der Waals surface area contributed by atoms with Gasteiger partial charge in [0.2, 0.25) is 0 Å². The van der Waals surface area contributed by atoms with E-state index in [2.05, 4.69) is 5.32 Å². The molecule has 2 aromatic rings. The van der Waals surface area contributed by atoms with E-state index in [0.717, 1.165) is 0 Å². The number of aryl methyl sites for hydroxylation is 1. The van der Waals surface area contributed by atoms with Crippen LogP contribution in [0.3, 0.4) is 0 Å². The van der Waals surface area contributed by atoms with E-state index in [1.807, 2.05) is 0 Å². The highest BCUT2D eigenvalue weighted by molar-refractivity contribution is 6.30. The topological polar surface area (TPSA) is 55.2 Å². The molecule has 0 saturated carbocycles. The van der Waals surface area contributed by atoms with Crippen LogP contribution >= 0.6 is 11.6 Å². The number of nitrogens with zero attached hydrogens (tertiary/aromatic N) is 1. The quantitative estimate of drug-likeness (QED) is 0.675. The lowest BCUT2D eigenvalue weighted by molar-refractivity contribution is -0.385. The average molecular weight is 295 g/mol. The normalized spacial score (nSPS) is 10.3. The Morgan fingerprint density at radius 3 is 2.70 bits per heavy atom. The van der Waals surface area contributed by atoms with Gasteiger partial charge in [0.1, 0.15) is 5.82 Å². The van der Waals surface area contributed by atoms with Crippen molar-refractivity contribution < 1.29 is 9.31 Å². The van der Waals surface area contributed by atoms with Crippen LogP contribution in [0.25, 0.3) is 0 Å². The van der Waals surface area contributed by atoms with Crippen molar-refractivity contribution in [2.24, 2.45) is 0 Å². The summed E-state index contributed by atoms with van der Waals surface area (Å²) >= 11 is 5.81. The fourth-order valence-electron chi connectivity index (χ4n) is 1.85. The molecule has 0 spiro atoms. The van der Waals surface area contributed by atoms with Crippen LogP contribution in [0.2, 0.25) is 5.02 Å². The Morgan fingerprint density at radius 1 is 1.30 bits per heavy atom. The number of nitro benzene ring substituents is 1. The Balaban J connectivity index is 2.13. The van der Waals surface area contributed by atoms with Crippen LogP contribution in [-0.4, -0.2) is 4.92 Å². The van der Waals surface area contributed by atoms with E-state index in [-0.39, 0.29) is 18.0 Å². The van der Waals surface area contributed by atoms with E-state index in [1.54, 1.807) is 25.1 Å². The summed E-state index contributed by atoms with van der Waals surface area (Å²) in [6, 6.07) is 9.00. The summed E-state index contributed by atoms with van der Waals surface area (Å²) in [7, 11) is 0. The second-order valence-electron chi connectivity index (χ2n) is 4.35. The molecule has 2 rings (SSSR count). The Kier molecular flexibility index (Phi) is 4.20. The lowest BCUT2D eigenvalue weighted by Gasteiger charge is -2.09. The smallest absolute Gasteiger partial charge is 0.272 e. The average Bonchev–Trinajstić information content (AvgIpc) is 2.39. The van der Waals surface area contributed by atoms with Gasteiger partial charge in [0.15, 0.2) is 0 Å². The fourth-order valence-corrected chi connectivity index (χ4v) is 2.04. The first kappa shape index (κ1) is 14.3. The van der Waals surface area contributed by atoms with Gasteiger partial charge in [-0.15, -0.1) is 0 Å². The number of hydrogen-bond donors (Lipinski definition) is 1. The molecule has 0 aliphatic carbocycles. The van der Waals surface area contributed by atoms with Crippen molar-refractivity contribution in [2.75, 3.05) is 5.32 Å². The van der Waals surface area contributed by atoms with Crippen molar-refractivity contribution in [1.29, 1.82) is 0 Å². The van der Waals surface area contributed by atoms with Crippen LogP contribution in [0, 0.1) is 22.9 Å². The molecule has 0 aliphatic heterocycles. The summed E-state index contributed by atoms with van der Waals surface area (Å²) in [5.74, 6) is -0.347. The van der Waals surface area contributed by atoms with Crippen LogP contribution in [-0.2, 0) is 6.54 Å². The van der Waals surface area contributed by atoms with E-state index in [0.29, 0.717) is 21.8 Å². The summed E-state index contributed by atoms with van der Waals surface area (Å²) in [5.41, 5.74) is 1.73. The van der Waals surface area contributed by atoms with Crippen molar-refractivity contribution in [3.8, 4) is 0 Å². The molecule has 0 radical (unpaired) electrons. The van der Waals surface area contributed by atoms with Gasteiger partial charge in [-0.2, -0.15) is 0 Å². The Bertz CT molecular complexity index is 662. The summed E-state index contributed by atoms with van der Waals surface area (Å²) in [6.07, 6.45) is 0. The zero-order valence-electron chi connectivity index (χ0n) is 10.7. The van der Waals surface area contributed by atoms with E-state index < -0.39 is 4.92 Å². The summed E-state index contributed by atoms with van der Waals surface area (Å²) in [6.45, 7) is 1.91. The van der Waals surface area contributed by atoms with Crippen molar-refractivity contribution >= 4 is 23.0 Å². The number of nitro groups is 1. The lowest BCUT2D eigenvalue weighted by atomic mass is 10.1. The first-order valence-corrected chi connectivity index (χ1v) is 6.28. The van der Waals surface area contributed by atoms with Gasteiger partial charge in [0.05, 0.1) is 4.92 Å². The largest absolute Gasteiger partial charge is 0.381 e. The third kappa shape index (κ3) is 3.24. The highest BCUT2D eigenvalue weighted by atomic mass is 35.5. The van der Waals surface area contributed by atoms with Gasteiger partial charge in [-0.3, -0.25) is 10.1 Å². The Labute approximate surface area is 120 Å². The zero-order valence-corrected chi connectivity index (χ0v) is 11.4. The Morgan fingerprint density at radius 2 is 2.05 bits per heavy atom. The van der Waals surface area contributed by atoms with Gasteiger partial charge in [-0.25, -0.2) is 4.39 Å². The zero-order chi connectivity index (χ0) is 14.7. The molecule has 2 aromatic carbocycles. The van der Waals surface area contributed by atoms with Crippen LogP contribution in [0.1, 0.15) is 11.1 Å². The molecule has 0 saturated heterocycles. The maximum Gasteiger partial charge on any atom is 0.272 e.